The molecule has 0 spiro atoms. The minimum atomic E-state index is -0.840. The smallest absolute Gasteiger partial charge is 0.156 e. The Kier molecular flexibility index (Phi) is 1.74. The third kappa shape index (κ3) is 1.02. The molecule has 0 radical (unpaired) electrons. The van der Waals surface area contributed by atoms with Crippen molar-refractivity contribution in [2.45, 2.75) is 6.10 Å². The Hall–Kier alpha value is -1.27. The van der Waals surface area contributed by atoms with Gasteiger partial charge in [-0.15, -0.1) is 6.42 Å². The molecule has 0 aliphatic rings. The first-order chi connectivity index (χ1) is 4.75. The number of nitrogens with zero attached hydrogens (tertiary/aromatic N) is 2. The van der Waals surface area contributed by atoms with Crippen molar-refractivity contribution >= 4 is 0 Å². The van der Waals surface area contributed by atoms with Crippen molar-refractivity contribution < 1.29 is 5.11 Å². The van der Waals surface area contributed by atoms with Gasteiger partial charge in [0.15, 0.2) is 6.10 Å². The number of aliphatic hydroxyl groups is 1. The molecule has 1 N–H and O–H groups in total. The van der Waals surface area contributed by atoms with Gasteiger partial charge in [-0.2, -0.15) is 5.10 Å². The Morgan fingerprint density at radius 1 is 1.90 bits per heavy atom. The van der Waals surface area contributed by atoms with Gasteiger partial charge in [0.1, 0.15) is 0 Å². The lowest BCUT2D eigenvalue weighted by Crippen LogP contribution is -2.02. The molecule has 0 fully saturated rings. The van der Waals surface area contributed by atoms with Crippen molar-refractivity contribution in [1.29, 1.82) is 0 Å². The topological polar surface area (TPSA) is 38.1 Å². The summed E-state index contributed by atoms with van der Waals surface area (Å²) in [6, 6.07) is 1.69. The van der Waals surface area contributed by atoms with Crippen LogP contribution in [0.5, 0.6) is 0 Å². The summed E-state index contributed by atoms with van der Waals surface area (Å²) in [6.07, 6.45) is 5.74. The van der Waals surface area contributed by atoms with Crippen LogP contribution in [0.2, 0.25) is 0 Å². The van der Waals surface area contributed by atoms with Gasteiger partial charge in [0.2, 0.25) is 0 Å². The summed E-state index contributed by atoms with van der Waals surface area (Å²) in [4.78, 5) is 0. The van der Waals surface area contributed by atoms with E-state index in [2.05, 4.69) is 11.0 Å². The molecule has 3 heteroatoms. The third-order valence-corrected chi connectivity index (χ3v) is 1.30. The van der Waals surface area contributed by atoms with Gasteiger partial charge in [-0.3, -0.25) is 4.68 Å². The number of hydrogen-bond acceptors (Lipinski definition) is 2. The highest BCUT2D eigenvalue weighted by Gasteiger charge is 2.05. The molecule has 0 saturated carbocycles. The fraction of sp³-hybridized carbons (Fsp3) is 0.286. The summed E-state index contributed by atoms with van der Waals surface area (Å²) < 4.78 is 1.55. The molecule has 0 bridgehead atoms. The molecule has 0 aliphatic carbocycles. The van der Waals surface area contributed by atoms with E-state index in [1.54, 1.807) is 24.0 Å². The predicted molar refractivity (Wildman–Crippen MR) is 37.0 cm³/mol. The zero-order valence-electron chi connectivity index (χ0n) is 5.65. The molecule has 0 aliphatic heterocycles. The van der Waals surface area contributed by atoms with Gasteiger partial charge in [-0.25, -0.2) is 0 Å². The molecule has 0 saturated heterocycles. The number of terminal acetylenes is 1. The van der Waals surface area contributed by atoms with Crippen molar-refractivity contribution in [3.05, 3.63) is 18.0 Å². The van der Waals surface area contributed by atoms with E-state index in [0.717, 1.165) is 0 Å². The highest BCUT2D eigenvalue weighted by molar-refractivity contribution is 5.13. The van der Waals surface area contributed by atoms with E-state index in [1.165, 1.54) is 0 Å². The number of rotatable bonds is 1. The van der Waals surface area contributed by atoms with Crippen molar-refractivity contribution in [2.24, 2.45) is 7.05 Å². The highest BCUT2D eigenvalue weighted by Crippen LogP contribution is 2.08. The van der Waals surface area contributed by atoms with Gasteiger partial charge in [-0.05, 0) is 6.07 Å². The minimum absolute atomic E-state index is 0.641. The van der Waals surface area contributed by atoms with Crippen LogP contribution in [0.1, 0.15) is 11.8 Å². The van der Waals surface area contributed by atoms with E-state index in [1.807, 2.05) is 0 Å². The SMILES string of the molecule is C#CC(O)c1ccnn1C. The van der Waals surface area contributed by atoms with E-state index in [-0.39, 0.29) is 0 Å². The zero-order chi connectivity index (χ0) is 7.56. The molecule has 1 aromatic rings. The maximum Gasteiger partial charge on any atom is 0.156 e. The molecule has 0 amide bonds. The fourth-order valence-electron chi connectivity index (χ4n) is 0.738. The van der Waals surface area contributed by atoms with Crippen LogP contribution < -0.4 is 0 Å². The predicted octanol–water partition coefficient (Wildman–Crippen LogP) is 0.0867. The lowest BCUT2D eigenvalue weighted by molar-refractivity contribution is 0.228. The van der Waals surface area contributed by atoms with Crippen LogP contribution >= 0.6 is 0 Å². The summed E-state index contributed by atoms with van der Waals surface area (Å²) in [5.74, 6) is 2.20. The average molecular weight is 136 g/mol. The second-order valence-electron chi connectivity index (χ2n) is 1.95. The Balaban J connectivity index is 2.96. The molecule has 1 heterocycles. The van der Waals surface area contributed by atoms with Crippen molar-refractivity contribution in [2.75, 3.05) is 0 Å². The van der Waals surface area contributed by atoms with Crippen LogP contribution in [0.3, 0.4) is 0 Å². The summed E-state index contributed by atoms with van der Waals surface area (Å²) >= 11 is 0. The van der Waals surface area contributed by atoms with Gasteiger partial charge in [0.05, 0.1) is 5.69 Å². The molecule has 1 aromatic heterocycles. The van der Waals surface area contributed by atoms with Crippen LogP contribution in [-0.2, 0) is 7.05 Å². The minimum Gasteiger partial charge on any atom is -0.374 e. The second kappa shape index (κ2) is 2.54. The molecular formula is C7H8N2O. The van der Waals surface area contributed by atoms with E-state index in [9.17, 15) is 0 Å². The Morgan fingerprint density at radius 2 is 2.60 bits per heavy atom. The molecule has 1 rings (SSSR count). The van der Waals surface area contributed by atoms with Crippen molar-refractivity contribution in [3.8, 4) is 12.3 Å². The van der Waals surface area contributed by atoms with Crippen LogP contribution in [0.25, 0.3) is 0 Å². The molecule has 52 valence electrons. The maximum atomic E-state index is 9.10. The molecule has 0 aromatic carbocycles. The zero-order valence-corrected chi connectivity index (χ0v) is 5.65. The number of aliphatic hydroxyl groups excluding tert-OH is 1. The first kappa shape index (κ1) is 6.84. The van der Waals surface area contributed by atoms with Gasteiger partial charge in [-0.1, -0.05) is 5.92 Å². The molecular weight excluding hydrogens is 128 g/mol. The average Bonchev–Trinajstić information content (AvgIpc) is 2.34. The Morgan fingerprint density at radius 3 is 3.00 bits per heavy atom. The van der Waals surface area contributed by atoms with E-state index in [0.29, 0.717) is 5.69 Å². The standard InChI is InChI=1S/C7H8N2O/c1-3-7(10)6-4-5-8-9(6)2/h1,4-5,7,10H,2H3. The molecule has 1 atom stereocenters. The van der Waals surface area contributed by atoms with Gasteiger partial charge < -0.3 is 5.11 Å². The molecule has 10 heavy (non-hydrogen) atoms. The largest absolute Gasteiger partial charge is 0.374 e. The first-order valence-electron chi connectivity index (χ1n) is 2.88. The Bertz CT molecular complexity index is 259. The van der Waals surface area contributed by atoms with E-state index < -0.39 is 6.10 Å². The second-order valence-corrected chi connectivity index (χ2v) is 1.95. The maximum absolute atomic E-state index is 9.10. The lowest BCUT2D eigenvalue weighted by Gasteiger charge is -2.01. The van der Waals surface area contributed by atoms with Crippen LogP contribution in [-0.4, -0.2) is 14.9 Å². The Labute approximate surface area is 59.3 Å². The van der Waals surface area contributed by atoms with Gasteiger partial charge in [0.25, 0.3) is 0 Å². The number of aromatic nitrogens is 2. The highest BCUT2D eigenvalue weighted by atomic mass is 16.3. The number of hydrogen-bond donors (Lipinski definition) is 1. The summed E-state index contributed by atoms with van der Waals surface area (Å²) in [5.41, 5.74) is 0.641. The van der Waals surface area contributed by atoms with Crippen molar-refractivity contribution in [1.82, 2.24) is 9.78 Å². The fourth-order valence-corrected chi connectivity index (χ4v) is 0.738. The molecule has 3 nitrogen and oxygen atoms in total. The van der Waals surface area contributed by atoms with Gasteiger partial charge >= 0.3 is 0 Å². The van der Waals surface area contributed by atoms with Crippen molar-refractivity contribution in [3.63, 3.8) is 0 Å². The summed E-state index contributed by atoms with van der Waals surface area (Å²) in [7, 11) is 1.73. The quantitative estimate of drug-likeness (QED) is 0.555. The molecule has 1 unspecified atom stereocenters. The summed E-state index contributed by atoms with van der Waals surface area (Å²) in [5, 5.41) is 12.9. The lowest BCUT2D eigenvalue weighted by atomic mass is 10.3. The number of aryl methyl sites for hydroxylation is 1. The van der Waals surface area contributed by atoms with Crippen LogP contribution in [0, 0.1) is 12.3 Å². The van der Waals surface area contributed by atoms with Gasteiger partial charge in [0, 0.05) is 13.2 Å². The van der Waals surface area contributed by atoms with Crippen LogP contribution in [0.4, 0.5) is 0 Å². The summed E-state index contributed by atoms with van der Waals surface area (Å²) in [6.45, 7) is 0. The normalized spacial score (nSPS) is 12.5. The van der Waals surface area contributed by atoms with E-state index >= 15 is 0 Å². The monoisotopic (exact) mass is 136 g/mol. The third-order valence-electron chi connectivity index (χ3n) is 1.30. The first-order valence-corrected chi connectivity index (χ1v) is 2.88. The van der Waals surface area contributed by atoms with Crippen LogP contribution in [0.15, 0.2) is 12.3 Å². The van der Waals surface area contributed by atoms with E-state index in [4.69, 9.17) is 11.5 Å².